The standard InChI is InChI=1S/C24H23BrN2O2S/c1-16-7-9-17(10-8-16)15-27-19-14-23(25)30-22(19)13-20(27)24(28)26-12-11-18-5-3-4-6-21(18)29-2/h3-10,13-14H,11-12,15H2,1-2H3,(H,26,28). The molecule has 0 aliphatic heterocycles. The number of nitrogens with zero attached hydrogens (tertiary/aromatic N) is 1. The number of aryl methyl sites for hydroxylation is 1. The van der Waals surface area contributed by atoms with E-state index in [1.165, 1.54) is 11.1 Å². The third kappa shape index (κ3) is 4.45. The molecule has 0 spiro atoms. The molecule has 0 radical (unpaired) electrons. The maximum absolute atomic E-state index is 13.0. The number of hydrogen-bond acceptors (Lipinski definition) is 3. The molecule has 154 valence electrons. The first-order valence-corrected chi connectivity index (χ1v) is 11.4. The third-order valence-corrected chi connectivity index (χ3v) is 6.70. The number of fused-ring (bicyclic) bond motifs is 1. The van der Waals surface area contributed by atoms with Crippen LogP contribution < -0.4 is 10.1 Å². The van der Waals surface area contributed by atoms with Crippen molar-refractivity contribution in [3.8, 4) is 5.75 Å². The number of ether oxygens (including phenoxy) is 1. The first kappa shape index (κ1) is 20.7. The lowest BCUT2D eigenvalue weighted by atomic mass is 10.1. The number of methoxy groups -OCH3 is 1. The van der Waals surface area contributed by atoms with Crippen LogP contribution in [0.5, 0.6) is 5.75 Å². The third-order valence-electron chi connectivity index (χ3n) is 5.13. The molecule has 2 heterocycles. The molecule has 6 heteroatoms. The van der Waals surface area contributed by atoms with Gasteiger partial charge in [-0.2, -0.15) is 0 Å². The average Bonchev–Trinajstić information content (AvgIpc) is 3.27. The quantitative estimate of drug-likeness (QED) is 0.361. The highest BCUT2D eigenvalue weighted by Gasteiger charge is 2.18. The Morgan fingerprint density at radius 3 is 2.67 bits per heavy atom. The van der Waals surface area contributed by atoms with E-state index in [0.29, 0.717) is 25.2 Å². The second-order valence-electron chi connectivity index (χ2n) is 7.22. The van der Waals surface area contributed by atoms with Gasteiger partial charge in [-0.3, -0.25) is 4.79 Å². The van der Waals surface area contributed by atoms with Gasteiger partial charge in [0.1, 0.15) is 11.4 Å². The van der Waals surface area contributed by atoms with Gasteiger partial charge >= 0.3 is 0 Å². The summed E-state index contributed by atoms with van der Waals surface area (Å²) >= 11 is 5.21. The van der Waals surface area contributed by atoms with Crippen LogP contribution in [-0.2, 0) is 13.0 Å². The van der Waals surface area contributed by atoms with Gasteiger partial charge in [-0.15, -0.1) is 11.3 Å². The SMILES string of the molecule is COc1ccccc1CCNC(=O)c1cc2sc(Br)cc2n1Cc1ccc(C)cc1. The Labute approximate surface area is 188 Å². The molecule has 0 fully saturated rings. The van der Waals surface area contributed by atoms with Crippen molar-refractivity contribution in [3.05, 3.63) is 86.8 Å². The summed E-state index contributed by atoms with van der Waals surface area (Å²) in [7, 11) is 1.67. The summed E-state index contributed by atoms with van der Waals surface area (Å²) in [5, 5.41) is 3.08. The highest BCUT2D eigenvalue weighted by Crippen LogP contribution is 2.33. The number of rotatable bonds is 7. The van der Waals surface area contributed by atoms with Crippen LogP contribution in [0.2, 0.25) is 0 Å². The maximum Gasteiger partial charge on any atom is 0.267 e. The molecule has 4 rings (SSSR count). The van der Waals surface area contributed by atoms with E-state index in [0.717, 1.165) is 25.3 Å². The molecule has 2 aromatic heterocycles. The Hall–Kier alpha value is -2.57. The number of nitrogens with one attached hydrogen (secondary N) is 1. The van der Waals surface area contributed by atoms with Crippen LogP contribution in [0.4, 0.5) is 0 Å². The van der Waals surface area contributed by atoms with Crippen LogP contribution in [0.25, 0.3) is 10.2 Å². The second-order valence-corrected chi connectivity index (χ2v) is 9.68. The number of para-hydroxylation sites is 1. The first-order valence-electron chi connectivity index (χ1n) is 9.79. The highest BCUT2D eigenvalue weighted by molar-refractivity contribution is 9.11. The van der Waals surface area contributed by atoms with Crippen molar-refractivity contribution < 1.29 is 9.53 Å². The molecular formula is C24H23BrN2O2S. The topological polar surface area (TPSA) is 43.3 Å². The van der Waals surface area contributed by atoms with Crippen LogP contribution in [0.15, 0.2) is 64.5 Å². The van der Waals surface area contributed by atoms with E-state index in [2.05, 4.69) is 63.1 Å². The summed E-state index contributed by atoms with van der Waals surface area (Å²) in [5.74, 6) is 0.788. The van der Waals surface area contributed by atoms with Gasteiger partial charge in [0.05, 0.1) is 21.1 Å². The van der Waals surface area contributed by atoms with E-state index in [9.17, 15) is 4.79 Å². The smallest absolute Gasteiger partial charge is 0.267 e. The Bertz CT molecular complexity index is 1180. The van der Waals surface area contributed by atoms with Gasteiger partial charge in [-0.1, -0.05) is 48.0 Å². The lowest BCUT2D eigenvalue weighted by molar-refractivity contribution is 0.0945. The van der Waals surface area contributed by atoms with Crippen LogP contribution in [-0.4, -0.2) is 24.1 Å². The molecule has 0 unspecified atom stereocenters. The van der Waals surface area contributed by atoms with Crippen LogP contribution >= 0.6 is 27.3 Å². The Balaban J connectivity index is 1.54. The maximum atomic E-state index is 13.0. The Morgan fingerprint density at radius 2 is 1.90 bits per heavy atom. The molecule has 1 N–H and O–H groups in total. The number of hydrogen-bond donors (Lipinski definition) is 1. The molecule has 0 bridgehead atoms. The summed E-state index contributed by atoms with van der Waals surface area (Å²) in [4.78, 5) is 13.0. The lowest BCUT2D eigenvalue weighted by Gasteiger charge is -2.12. The number of carbonyl (C=O) groups excluding carboxylic acids is 1. The van der Waals surface area contributed by atoms with Gasteiger partial charge in [-0.25, -0.2) is 0 Å². The Morgan fingerprint density at radius 1 is 1.13 bits per heavy atom. The van der Waals surface area contributed by atoms with Crippen molar-refractivity contribution in [1.29, 1.82) is 0 Å². The number of aromatic nitrogens is 1. The van der Waals surface area contributed by atoms with E-state index in [1.54, 1.807) is 18.4 Å². The zero-order valence-electron chi connectivity index (χ0n) is 16.9. The van der Waals surface area contributed by atoms with Crippen molar-refractivity contribution in [2.24, 2.45) is 0 Å². The van der Waals surface area contributed by atoms with Crippen LogP contribution in [0, 0.1) is 6.92 Å². The minimum absolute atomic E-state index is 0.0588. The minimum atomic E-state index is -0.0588. The van der Waals surface area contributed by atoms with Gasteiger partial charge in [0.15, 0.2) is 0 Å². The summed E-state index contributed by atoms with van der Waals surface area (Å²) in [6, 6.07) is 20.4. The minimum Gasteiger partial charge on any atom is -0.496 e. The Kier molecular flexibility index (Phi) is 6.25. The molecule has 0 aliphatic rings. The summed E-state index contributed by atoms with van der Waals surface area (Å²) in [6.45, 7) is 3.28. The fourth-order valence-corrected chi connectivity index (χ4v) is 5.12. The van der Waals surface area contributed by atoms with Crippen molar-refractivity contribution >= 4 is 43.4 Å². The predicted molar refractivity (Wildman–Crippen MR) is 127 cm³/mol. The largest absolute Gasteiger partial charge is 0.496 e. The molecule has 4 aromatic rings. The number of benzene rings is 2. The number of thiophene rings is 1. The monoisotopic (exact) mass is 482 g/mol. The fourth-order valence-electron chi connectivity index (χ4n) is 3.56. The summed E-state index contributed by atoms with van der Waals surface area (Å²) in [6.07, 6.45) is 0.717. The van der Waals surface area contributed by atoms with Crippen LogP contribution in [0.1, 0.15) is 27.2 Å². The van der Waals surface area contributed by atoms with E-state index >= 15 is 0 Å². The zero-order chi connectivity index (χ0) is 21.1. The average molecular weight is 483 g/mol. The van der Waals surface area contributed by atoms with Crippen LogP contribution in [0.3, 0.4) is 0 Å². The predicted octanol–water partition coefficient (Wildman–Crippen LogP) is 5.80. The summed E-state index contributed by atoms with van der Waals surface area (Å²) in [5.41, 5.74) is 5.24. The van der Waals surface area contributed by atoms with Crippen molar-refractivity contribution in [2.45, 2.75) is 19.9 Å². The van der Waals surface area contributed by atoms with Crippen molar-refractivity contribution in [1.82, 2.24) is 9.88 Å². The van der Waals surface area contributed by atoms with E-state index in [4.69, 9.17) is 4.74 Å². The molecule has 0 saturated heterocycles. The molecular weight excluding hydrogens is 460 g/mol. The number of amides is 1. The molecule has 0 saturated carbocycles. The molecule has 30 heavy (non-hydrogen) atoms. The van der Waals surface area contributed by atoms with Gasteiger partial charge in [-0.05, 0) is 58.6 Å². The number of halogens is 1. The molecule has 1 amide bonds. The second kappa shape index (κ2) is 9.06. The van der Waals surface area contributed by atoms with E-state index in [-0.39, 0.29) is 5.91 Å². The van der Waals surface area contributed by atoms with E-state index < -0.39 is 0 Å². The highest BCUT2D eigenvalue weighted by atomic mass is 79.9. The van der Waals surface area contributed by atoms with E-state index in [1.807, 2.05) is 30.3 Å². The van der Waals surface area contributed by atoms with Gasteiger partial charge < -0.3 is 14.6 Å². The fraction of sp³-hybridized carbons (Fsp3) is 0.208. The lowest BCUT2D eigenvalue weighted by Crippen LogP contribution is -2.28. The van der Waals surface area contributed by atoms with Gasteiger partial charge in [0.25, 0.3) is 5.91 Å². The van der Waals surface area contributed by atoms with Crippen molar-refractivity contribution in [3.63, 3.8) is 0 Å². The summed E-state index contributed by atoms with van der Waals surface area (Å²) < 4.78 is 9.66. The van der Waals surface area contributed by atoms with Crippen molar-refractivity contribution in [2.75, 3.05) is 13.7 Å². The molecule has 2 aromatic carbocycles. The van der Waals surface area contributed by atoms with Gasteiger partial charge in [0.2, 0.25) is 0 Å². The normalized spacial score (nSPS) is 11.0. The first-order chi connectivity index (χ1) is 14.5. The molecule has 0 aliphatic carbocycles. The molecule has 4 nitrogen and oxygen atoms in total. The molecule has 0 atom stereocenters. The zero-order valence-corrected chi connectivity index (χ0v) is 19.3. The van der Waals surface area contributed by atoms with Gasteiger partial charge in [0, 0.05) is 13.1 Å². The number of carbonyl (C=O) groups is 1.